The Bertz CT molecular complexity index is 481. The molecular formula is C12H20N4O3S. The number of H-pyrrole nitrogens is 1. The van der Waals surface area contributed by atoms with E-state index in [1.54, 1.807) is 0 Å². The van der Waals surface area contributed by atoms with Crippen LogP contribution in [0.1, 0.15) is 43.6 Å². The molecule has 0 bridgehead atoms. The zero-order chi connectivity index (χ0) is 15.3. The van der Waals surface area contributed by atoms with Crippen molar-refractivity contribution < 1.29 is 14.7 Å². The largest absolute Gasteiger partial charge is 0.480 e. The zero-order valence-corrected chi connectivity index (χ0v) is 12.9. The fourth-order valence-corrected chi connectivity index (χ4v) is 1.89. The van der Waals surface area contributed by atoms with Gasteiger partial charge in [0.15, 0.2) is 0 Å². The molecule has 20 heavy (non-hydrogen) atoms. The van der Waals surface area contributed by atoms with Crippen LogP contribution in [0.2, 0.25) is 0 Å². The molecule has 0 aliphatic carbocycles. The Morgan fingerprint density at radius 1 is 1.45 bits per heavy atom. The molecule has 0 aliphatic heterocycles. The predicted octanol–water partition coefficient (Wildman–Crippen LogP) is 1.04. The summed E-state index contributed by atoms with van der Waals surface area (Å²) in [6, 6.07) is -0.925. The Morgan fingerprint density at radius 2 is 2.10 bits per heavy atom. The molecule has 1 heterocycles. The number of carbonyl (C=O) groups excluding carboxylic acids is 1. The highest BCUT2D eigenvalue weighted by molar-refractivity contribution is 7.98. The van der Waals surface area contributed by atoms with Gasteiger partial charge < -0.3 is 10.4 Å². The van der Waals surface area contributed by atoms with Crippen LogP contribution >= 0.6 is 11.8 Å². The molecule has 0 unspecified atom stereocenters. The maximum atomic E-state index is 11.9. The lowest BCUT2D eigenvalue weighted by molar-refractivity contribution is -0.139. The number of carboxylic acid groups (broad SMARTS) is 1. The van der Waals surface area contributed by atoms with E-state index in [-0.39, 0.29) is 11.2 Å². The van der Waals surface area contributed by atoms with Gasteiger partial charge in [0.25, 0.3) is 5.91 Å². The van der Waals surface area contributed by atoms with Crippen LogP contribution in [0.4, 0.5) is 0 Å². The molecule has 1 aromatic rings. The third-order valence-electron chi connectivity index (χ3n) is 2.61. The summed E-state index contributed by atoms with van der Waals surface area (Å²) in [5.41, 5.74) is -0.253. The molecule has 0 radical (unpaired) electrons. The average molecular weight is 300 g/mol. The molecule has 7 nitrogen and oxygen atoms in total. The molecule has 0 spiro atoms. The molecule has 1 aromatic heterocycles. The van der Waals surface area contributed by atoms with Gasteiger partial charge in [0.05, 0.1) is 0 Å². The van der Waals surface area contributed by atoms with Crippen LogP contribution in [0.3, 0.4) is 0 Å². The first-order valence-electron chi connectivity index (χ1n) is 6.21. The molecule has 0 fully saturated rings. The maximum Gasteiger partial charge on any atom is 0.326 e. The highest BCUT2D eigenvalue weighted by Crippen LogP contribution is 2.17. The van der Waals surface area contributed by atoms with Gasteiger partial charge in [-0.2, -0.15) is 11.8 Å². The number of rotatable bonds is 6. The second kappa shape index (κ2) is 6.74. The Labute approximate surface area is 121 Å². The fourth-order valence-electron chi connectivity index (χ4n) is 1.41. The van der Waals surface area contributed by atoms with Crippen LogP contribution in [0.5, 0.6) is 0 Å². The van der Waals surface area contributed by atoms with E-state index in [9.17, 15) is 9.59 Å². The van der Waals surface area contributed by atoms with Gasteiger partial charge in [0.1, 0.15) is 11.9 Å². The number of nitrogens with zero attached hydrogens (tertiary/aromatic N) is 2. The van der Waals surface area contributed by atoms with E-state index in [4.69, 9.17) is 5.11 Å². The van der Waals surface area contributed by atoms with Gasteiger partial charge >= 0.3 is 5.97 Å². The summed E-state index contributed by atoms with van der Waals surface area (Å²) in [6.07, 6.45) is 2.24. The Balaban J connectivity index is 2.74. The number of aromatic nitrogens is 3. The first-order chi connectivity index (χ1) is 9.25. The molecule has 0 saturated carbocycles. The van der Waals surface area contributed by atoms with Crippen LogP contribution in [0, 0.1) is 0 Å². The van der Waals surface area contributed by atoms with Crippen molar-refractivity contribution in [3.8, 4) is 0 Å². The van der Waals surface area contributed by atoms with E-state index in [1.807, 2.05) is 27.0 Å². The lowest BCUT2D eigenvalue weighted by Gasteiger charge is -2.13. The molecule has 1 amide bonds. The predicted molar refractivity (Wildman–Crippen MR) is 77.0 cm³/mol. The second-order valence-corrected chi connectivity index (χ2v) is 6.39. The molecule has 1 atom stereocenters. The van der Waals surface area contributed by atoms with Crippen molar-refractivity contribution in [2.24, 2.45) is 0 Å². The fraction of sp³-hybridized carbons (Fsp3) is 0.667. The van der Waals surface area contributed by atoms with Crippen molar-refractivity contribution in [1.82, 2.24) is 20.5 Å². The molecule has 0 saturated heterocycles. The van der Waals surface area contributed by atoms with Gasteiger partial charge in [0.2, 0.25) is 5.82 Å². The molecule has 0 aromatic carbocycles. The highest BCUT2D eigenvalue weighted by atomic mass is 32.2. The van der Waals surface area contributed by atoms with Crippen molar-refractivity contribution in [2.45, 2.75) is 38.6 Å². The second-order valence-electron chi connectivity index (χ2n) is 5.40. The quantitative estimate of drug-likeness (QED) is 0.724. The van der Waals surface area contributed by atoms with E-state index in [2.05, 4.69) is 20.5 Å². The van der Waals surface area contributed by atoms with E-state index < -0.39 is 17.9 Å². The lowest BCUT2D eigenvalue weighted by atomic mass is 9.96. The third kappa shape index (κ3) is 4.52. The Kier molecular flexibility index (Phi) is 5.55. The normalized spacial score (nSPS) is 13.0. The van der Waals surface area contributed by atoms with E-state index in [0.717, 1.165) is 0 Å². The number of thioether (sulfide) groups is 1. The van der Waals surface area contributed by atoms with Gasteiger partial charge in [-0.25, -0.2) is 9.78 Å². The molecule has 8 heteroatoms. The van der Waals surface area contributed by atoms with Gasteiger partial charge in [-0.3, -0.25) is 9.89 Å². The van der Waals surface area contributed by atoms with Crippen molar-refractivity contribution in [3.05, 3.63) is 11.6 Å². The first-order valence-corrected chi connectivity index (χ1v) is 7.60. The first kappa shape index (κ1) is 16.5. The van der Waals surface area contributed by atoms with Crippen molar-refractivity contribution in [2.75, 3.05) is 12.0 Å². The van der Waals surface area contributed by atoms with Crippen LogP contribution in [0.15, 0.2) is 0 Å². The van der Waals surface area contributed by atoms with Crippen molar-refractivity contribution in [1.29, 1.82) is 0 Å². The van der Waals surface area contributed by atoms with Crippen LogP contribution in [-0.4, -0.2) is 50.2 Å². The van der Waals surface area contributed by atoms with E-state index in [0.29, 0.717) is 18.0 Å². The standard InChI is InChI=1S/C12H20N4O3S/c1-12(2,3)11-14-8(15-16-11)9(17)13-7(10(18)19)5-6-20-4/h7H,5-6H2,1-4H3,(H,13,17)(H,18,19)(H,14,15,16)/t7-/m1/s1. The average Bonchev–Trinajstić information content (AvgIpc) is 2.83. The summed E-state index contributed by atoms with van der Waals surface area (Å²) in [6.45, 7) is 5.81. The number of aliphatic carboxylic acids is 1. The summed E-state index contributed by atoms with van der Waals surface area (Å²) < 4.78 is 0. The summed E-state index contributed by atoms with van der Waals surface area (Å²) in [5.74, 6) is -0.438. The van der Waals surface area contributed by atoms with Gasteiger partial charge in [-0.1, -0.05) is 20.8 Å². The monoisotopic (exact) mass is 300 g/mol. The zero-order valence-electron chi connectivity index (χ0n) is 12.1. The SMILES string of the molecule is CSCC[C@@H](NC(=O)c1n[nH]c(C(C)(C)C)n1)C(=O)O. The molecule has 0 aliphatic rings. The number of carboxylic acids is 1. The summed E-state index contributed by atoms with van der Waals surface area (Å²) >= 11 is 1.53. The van der Waals surface area contributed by atoms with Gasteiger partial charge in [-0.15, -0.1) is 5.10 Å². The van der Waals surface area contributed by atoms with Gasteiger partial charge in [-0.05, 0) is 18.4 Å². The topological polar surface area (TPSA) is 108 Å². The molecule has 1 rings (SSSR count). The van der Waals surface area contributed by atoms with Crippen LogP contribution in [0.25, 0.3) is 0 Å². The maximum absolute atomic E-state index is 11.9. The minimum Gasteiger partial charge on any atom is -0.480 e. The number of nitrogens with one attached hydrogen (secondary N) is 2. The third-order valence-corrected chi connectivity index (χ3v) is 3.26. The number of hydrogen-bond donors (Lipinski definition) is 3. The Hall–Kier alpha value is -1.57. The highest BCUT2D eigenvalue weighted by Gasteiger charge is 2.25. The summed E-state index contributed by atoms with van der Waals surface area (Å²) in [4.78, 5) is 27.1. The van der Waals surface area contributed by atoms with E-state index >= 15 is 0 Å². The number of hydrogen-bond acceptors (Lipinski definition) is 5. The number of aromatic amines is 1. The lowest BCUT2D eigenvalue weighted by Crippen LogP contribution is -2.41. The van der Waals surface area contributed by atoms with Crippen LogP contribution in [-0.2, 0) is 10.2 Å². The minimum atomic E-state index is -1.06. The molecular weight excluding hydrogens is 280 g/mol. The number of carbonyl (C=O) groups is 2. The number of amides is 1. The van der Waals surface area contributed by atoms with Crippen molar-refractivity contribution in [3.63, 3.8) is 0 Å². The smallest absolute Gasteiger partial charge is 0.326 e. The van der Waals surface area contributed by atoms with Crippen LogP contribution < -0.4 is 5.32 Å². The summed E-state index contributed by atoms with van der Waals surface area (Å²) in [7, 11) is 0. The van der Waals surface area contributed by atoms with Crippen molar-refractivity contribution >= 4 is 23.6 Å². The molecule has 3 N–H and O–H groups in total. The summed E-state index contributed by atoms with van der Waals surface area (Å²) in [5, 5.41) is 18.0. The Morgan fingerprint density at radius 3 is 2.55 bits per heavy atom. The van der Waals surface area contributed by atoms with E-state index in [1.165, 1.54) is 11.8 Å². The minimum absolute atomic E-state index is 0.0367. The van der Waals surface area contributed by atoms with Gasteiger partial charge in [0, 0.05) is 5.41 Å². The molecule has 112 valence electrons.